The minimum Gasteiger partial charge on any atom is -0.299 e. The van der Waals surface area contributed by atoms with Gasteiger partial charge in [-0.15, -0.1) is 0 Å². The molecule has 0 saturated carbocycles. The molecule has 0 bridgehead atoms. The van der Waals surface area contributed by atoms with E-state index in [1.54, 1.807) is 11.6 Å². The van der Waals surface area contributed by atoms with E-state index in [1.807, 2.05) is 72.9 Å². The zero-order valence-corrected chi connectivity index (χ0v) is 16.4. The molecule has 0 radical (unpaired) electrons. The van der Waals surface area contributed by atoms with Crippen LogP contribution in [0, 0.1) is 11.3 Å². The average Bonchev–Trinajstić information content (AvgIpc) is 3.22. The number of benzene rings is 2. The molecule has 0 aliphatic rings. The Balaban J connectivity index is 1.90. The molecular formula is C23H19N5O2. The molecule has 2 aromatic carbocycles. The van der Waals surface area contributed by atoms with Gasteiger partial charge in [0, 0.05) is 30.1 Å². The van der Waals surface area contributed by atoms with Crippen LogP contribution in [0.15, 0.2) is 82.6 Å². The van der Waals surface area contributed by atoms with Gasteiger partial charge in [-0.1, -0.05) is 48.5 Å². The second kappa shape index (κ2) is 8.05. The van der Waals surface area contributed by atoms with Crippen LogP contribution in [-0.2, 0) is 13.1 Å². The van der Waals surface area contributed by atoms with Crippen molar-refractivity contribution in [2.75, 3.05) is 0 Å². The molecule has 0 fully saturated rings. The first-order valence-corrected chi connectivity index (χ1v) is 9.56. The van der Waals surface area contributed by atoms with E-state index in [0.717, 1.165) is 15.8 Å². The van der Waals surface area contributed by atoms with Crippen LogP contribution in [0.5, 0.6) is 0 Å². The minimum absolute atomic E-state index is 0.0181. The van der Waals surface area contributed by atoms with Crippen LogP contribution in [0.25, 0.3) is 16.9 Å². The number of rotatable bonds is 5. The molecule has 0 spiro atoms. The van der Waals surface area contributed by atoms with E-state index in [9.17, 15) is 14.9 Å². The standard InChI is InChI=1S/C23H19N5O2/c1-2-26-14-18(13-24)22(29)27(23(26)30)15-19-16-28(20-11-7-4-8-12-20)25-21(19)17-9-5-3-6-10-17/h3-12,14,16H,2,15H2,1H3. The van der Waals surface area contributed by atoms with Crippen LogP contribution in [0.1, 0.15) is 18.1 Å². The highest BCUT2D eigenvalue weighted by Gasteiger charge is 2.17. The first-order valence-electron chi connectivity index (χ1n) is 9.56. The Morgan fingerprint density at radius 1 is 0.967 bits per heavy atom. The third-order valence-electron chi connectivity index (χ3n) is 4.88. The number of nitriles is 1. The lowest BCUT2D eigenvalue weighted by Gasteiger charge is -2.09. The van der Waals surface area contributed by atoms with Crippen LogP contribution in [0.2, 0.25) is 0 Å². The fourth-order valence-corrected chi connectivity index (χ4v) is 3.34. The predicted octanol–water partition coefficient (Wildman–Crippen LogP) is 2.80. The van der Waals surface area contributed by atoms with E-state index in [4.69, 9.17) is 5.10 Å². The first-order chi connectivity index (χ1) is 14.6. The van der Waals surface area contributed by atoms with Gasteiger partial charge in [0.25, 0.3) is 5.56 Å². The van der Waals surface area contributed by atoms with Crippen LogP contribution < -0.4 is 11.2 Å². The molecule has 2 heterocycles. The molecule has 0 amide bonds. The van der Waals surface area contributed by atoms with Gasteiger partial charge in [0.05, 0.1) is 17.9 Å². The fraction of sp³-hybridized carbons (Fsp3) is 0.130. The highest BCUT2D eigenvalue weighted by molar-refractivity contribution is 5.63. The smallest absolute Gasteiger partial charge is 0.299 e. The Morgan fingerprint density at radius 2 is 1.63 bits per heavy atom. The Labute approximate surface area is 172 Å². The molecule has 0 unspecified atom stereocenters. The van der Waals surface area contributed by atoms with Gasteiger partial charge < -0.3 is 0 Å². The van der Waals surface area contributed by atoms with Crippen molar-refractivity contribution < 1.29 is 0 Å². The van der Waals surface area contributed by atoms with Crippen LogP contribution in [0.3, 0.4) is 0 Å². The van der Waals surface area contributed by atoms with Crippen molar-refractivity contribution >= 4 is 0 Å². The van der Waals surface area contributed by atoms with E-state index in [-0.39, 0.29) is 12.1 Å². The summed E-state index contributed by atoms with van der Waals surface area (Å²) in [6.07, 6.45) is 3.13. The van der Waals surface area contributed by atoms with Gasteiger partial charge in [-0.25, -0.2) is 9.48 Å². The molecule has 4 rings (SSSR count). The van der Waals surface area contributed by atoms with Gasteiger partial charge in [-0.05, 0) is 19.1 Å². The summed E-state index contributed by atoms with van der Waals surface area (Å²) in [7, 11) is 0. The number of para-hydroxylation sites is 1. The third-order valence-corrected chi connectivity index (χ3v) is 4.88. The van der Waals surface area contributed by atoms with E-state index >= 15 is 0 Å². The van der Waals surface area contributed by atoms with Crippen LogP contribution in [0.4, 0.5) is 0 Å². The summed E-state index contributed by atoms with van der Waals surface area (Å²) in [5, 5.41) is 14.0. The lowest BCUT2D eigenvalue weighted by atomic mass is 10.1. The van der Waals surface area contributed by atoms with Gasteiger partial charge in [-0.2, -0.15) is 10.4 Å². The topological polar surface area (TPSA) is 85.6 Å². The van der Waals surface area contributed by atoms with Crippen molar-refractivity contribution in [1.29, 1.82) is 5.26 Å². The highest BCUT2D eigenvalue weighted by Crippen LogP contribution is 2.24. The zero-order valence-electron chi connectivity index (χ0n) is 16.4. The second-order valence-electron chi connectivity index (χ2n) is 6.76. The molecule has 0 saturated heterocycles. The average molecular weight is 397 g/mol. The summed E-state index contributed by atoms with van der Waals surface area (Å²) in [5.41, 5.74) is 2.02. The third kappa shape index (κ3) is 3.47. The predicted molar refractivity (Wildman–Crippen MR) is 113 cm³/mol. The van der Waals surface area contributed by atoms with Crippen molar-refractivity contribution in [3.8, 4) is 23.0 Å². The maximum atomic E-state index is 12.8. The van der Waals surface area contributed by atoms with Crippen molar-refractivity contribution in [3.63, 3.8) is 0 Å². The molecule has 148 valence electrons. The molecule has 0 aliphatic heterocycles. The van der Waals surface area contributed by atoms with Crippen molar-refractivity contribution in [2.45, 2.75) is 20.0 Å². The molecule has 0 aliphatic carbocycles. The molecule has 7 heteroatoms. The van der Waals surface area contributed by atoms with Crippen molar-refractivity contribution in [2.24, 2.45) is 0 Å². The molecule has 2 aromatic heterocycles. The number of hydrogen-bond donors (Lipinski definition) is 0. The lowest BCUT2D eigenvalue weighted by molar-refractivity contribution is 0.598. The second-order valence-corrected chi connectivity index (χ2v) is 6.76. The van der Waals surface area contributed by atoms with E-state index < -0.39 is 11.2 Å². The molecule has 30 heavy (non-hydrogen) atoms. The molecule has 0 atom stereocenters. The molecule has 4 aromatic rings. The molecule has 7 nitrogen and oxygen atoms in total. The zero-order chi connectivity index (χ0) is 21.1. The van der Waals surface area contributed by atoms with Crippen LogP contribution >= 0.6 is 0 Å². The molecular weight excluding hydrogens is 378 g/mol. The van der Waals surface area contributed by atoms with Crippen molar-refractivity contribution in [3.05, 3.63) is 105 Å². The maximum absolute atomic E-state index is 12.8. The van der Waals surface area contributed by atoms with E-state index in [0.29, 0.717) is 17.8 Å². The molecule has 0 N–H and O–H groups in total. The van der Waals surface area contributed by atoms with Gasteiger partial charge in [0.15, 0.2) is 0 Å². The summed E-state index contributed by atoms with van der Waals surface area (Å²) in [6.45, 7) is 2.17. The Kier molecular flexibility index (Phi) is 5.14. The van der Waals surface area contributed by atoms with Gasteiger partial charge in [0.1, 0.15) is 11.6 Å². The van der Waals surface area contributed by atoms with E-state index in [1.165, 1.54) is 10.8 Å². The quantitative estimate of drug-likeness (QED) is 0.518. The first kappa shape index (κ1) is 19.2. The van der Waals surface area contributed by atoms with Gasteiger partial charge in [0.2, 0.25) is 0 Å². The van der Waals surface area contributed by atoms with Gasteiger partial charge >= 0.3 is 5.69 Å². The Morgan fingerprint density at radius 3 is 2.27 bits per heavy atom. The Hall–Kier alpha value is -4.18. The normalized spacial score (nSPS) is 10.7. The summed E-state index contributed by atoms with van der Waals surface area (Å²) in [4.78, 5) is 25.5. The largest absolute Gasteiger partial charge is 0.331 e. The highest BCUT2D eigenvalue weighted by atomic mass is 16.2. The Bertz CT molecular complexity index is 1340. The summed E-state index contributed by atoms with van der Waals surface area (Å²) in [6, 6.07) is 21.1. The number of aryl methyl sites for hydroxylation is 1. The SMILES string of the molecule is CCn1cc(C#N)c(=O)n(Cc2cn(-c3ccccc3)nc2-c2ccccc2)c1=O. The van der Waals surface area contributed by atoms with Gasteiger partial charge in [-0.3, -0.25) is 13.9 Å². The van der Waals surface area contributed by atoms with E-state index in [2.05, 4.69) is 0 Å². The number of hydrogen-bond acceptors (Lipinski definition) is 4. The minimum atomic E-state index is -0.598. The summed E-state index contributed by atoms with van der Waals surface area (Å²) < 4.78 is 4.19. The monoisotopic (exact) mass is 397 g/mol. The van der Waals surface area contributed by atoms with Crippen LogP contribution in [-0.4, -0.2) is 18.9 Å². The van der Waals surface area contributed by atoms with Crippen molar-refractivity contribution in [1.82, 2.24) is 18.9 Å². The number of aromatic nitrogens is 4. The summed E-state index contributed by atoms with van der Waals surface area (Å²) >= 11 is 0. The maximum Gasteiger partial charge on any atom is 0.331 e. The fourth-order valence-electron chi connectivity index (χ4n) is 3.34. The summed E-state index contributed by atoms with van der Waals surface area (Å²) in [5.74, 6) is 0. The number of nitrogens with zero attached hydrogens (tertiary/aromatic N) is 5. The lowest BCUT2D eigenvalue weighted by Crippen LogP contribution is -2.40.